The predicted molar refractivity (Wildman–Crippen MR) is 68.5 cm³/mol. The minimum Gasteiger partial charge on any atom is -0.323 e. The van der Waals surface area contributed by atoms with Crippen LogP contribution >= 0.6 is 0 Å². The van der Waals surface area contributed by atoms with E-state index in [1.165, 1.54) is 19.1 Å². The Morgan fingerprint density at radius 2 is 1.62 bits per heavy atom. The van der Waals surface area contributed by atoms with Gasteiger partial charge in [0.1, 0.15) is 0 Å². The molecule has 0 saturated carbocycles. The van der Waals surface area contributed by atoms with Crippen LogP contribution in [0.15, 0.2) is 29.1 Å². The van der Waals surface area contributed by atoms with Gasteiger partial charge in [0.15, 0.2) is 5.69 Å². The molecule has 0 atom stereocenters. The van der Waals surface area contributed by atoms with Crippen LogP contribution in [0.4, 0.5) is 0 Å². The van der Waals surface area contributed by atoms with Gasteiger partial charge in [-0.05, 0) is 19.1 Å². The molecule has 1 aromatic heterocycles. The fourth-order valence-electron chi connectivity index (χ4n) is 2.05. The number of aryl methyl sites for hydroxylation is 1. The van der Waals surface area contributed by atoms with Crippen LogP contribution in [0.2, 0.25) is 0 Å². The third-order valence-corrected chi connectivity index (χ3v) is 3.05. The molecule has 8 nitrogen and oxygen atoms in total. The fourth-order valence-corrected chi connectivity index (χ4v) is 2.05. The van der Waals surface area contributed by atoms with Gasteiger partial charge < -0.3 is 9.82 Å². The summed E-state index contributed by atoms with van der Waals surface area (Å²) in [5, 5.41) is 0.387. The van der Waals surface area contributed by atoms with E-state index in [2.05, 4.69) is 9.97 Å². The topological polar surface area (TPSA) is 112 Å². The Bertz CT molecular complexity index is 797. The number of nitrogens with zero attached hydrogens (tertiary/aromatic N) is 1. The van der Waals surface area contributed by atoms with Crippen LogP contribution < -0.4 is 5.69 Å². The number of aromatic amines is 2. The maximum absolute atomic E-state index is 12.0. The average molecular weight is 287 g/mol. The van der Waals surface area contributed by atoms with Gasteiger partial charge in [0, 0.05) is 5.69 Å². The van der Waals surface area contributed by atoms with Crippen molar-refractivity contribution in [3.63, 3.8) is 0 Å². The van der Waals surface area contributed by atoms with Crippen molar-refractivity contribution >= 4 is 17.8 Å². The maximum atomic E-state index is 12.0. The van der Waals surface area contributed by atoms with E-state index in [1.807, 2.05) is 0 Å². The lowest BCUT2D eigenvalue weighted by atomic mass is 10.1. The van der Waals surface area contributed by atoms with Crippen molar-refractivity contribution in [1.82, 2.24) is 15.0 Å². The zero-order valence-corrected chi connectivity index (χ0v) is 10.8. The molecule has 2 heterocycles. The number of hydrogen-bond acceptors (Lipinski definition) is 5. The first-order valence-corrected chi connectivity index (χ1v) is 5.98. The van der Waals surface area contributed by atoms with Gasteiger partial charge in [-0.2, -0.15) is 0 Å². The molecule has 0 aliphatic carbocycles. The second kappa shape index (κ2) is 4.44. The van der Waals surface area contributed by atoms with Gasteiger partial charge in [-0.15, -0.1) is 0 Å². The van der Waals surface area contributed by atoms with Gasteiger partial charge in [0.05, 0.1) is 11.1 Å². The van der Waals surface area contributed by atoms with Gasteiger partial charge in [0.2, 0.25) is 0 Å². The molecule has 106 valence electrons. The summed E-state index contributed by atoms with van der Waals surface area (Å²) in [4.78, 5) is 56.4. The number of benzene rings is 1. The quantitative estimate of drug-likeness (QED) is 0.775. The second-order valence-corrected chi connectivity index (χ2v) is 4.41. The molecule has 2 aromatic rings. The van der Waals surface area contributed by atoms with Gasteiger partial charge in [0.25, 0.3) is 11.8 Å². The van der Waals surface area contributed by atoms with Crippen molar-refractivity contribution in [3.8, 4) is 0 Å². The predicted octanol–water partition coefficient (Wildman–Crippen LogP) is 0.379. The number of carbonyl (C=O) groups is 3. The summed E-state index contributed by atoms with van der Waals surface area (Å²) in [6.45, 7) is 1.48. The van der Waals surface area contributed by atoms with E-state index in [4.69, 9.17) is 4.84 Å². The fraction of sp³-hybridized carbons (Fsp3) is 0.0769. The molecule has 0 bridgehead atoms. The molecule has 0 saturated heterocycles. The number of hydroxylamine groups is 2. The number of amides is 2. The van der Waals surface area contributed by atoms with E-state index >= 15 is 0 Å². The third kappa shape index (κ3) is 1.93. The largest absolute Gasteiger partial charge is 0.381 e. The Balaban J connectivity index is 1.89. The molecule has 3 rings (SSSR count). The van der Waals surface area contributed by atoms with Crippen LogP contribution in [0.5, 0.6) is 0 Å². The zero-order valence-electron chi connectivity index (χ0n) is 10.8. The summed E-state index contributed by atoms with van der Waals surface area (Å²) < 4.78 is 0. The van der Waals surface area contributed by atoms with E-state index in [1.54, 1.807) is 12.1 Å². The highest BCUT2D eigenvalue weighted by molar-refractivity contribution is 6.21. The van der Waals surface area contributed by atoms with Crippen LogP contribution in [0.25, 0.3) is 0 Å². The molecule has 0 unspecified atom stereocenters. The number of aromatic nitrogens is 2. The van der Waals surface area contributed by atoms with Crippen LogP contribution in [0.1, 0.15) is 36.9 Å². The van der Waals surface area contributed by atoms with Crippen LogP contribution in [-0.4, -0.2) is 32.8 Å². The number of carbonyl (C=O) groups excluding carboxylic acids is 3. The van der Waals surface area contributed by atoms with Crippen LogP contribution in [0.3, 0.4) is 0 Å². The van der Waals surface area contributed by atoms with Crippen molar-refractivity contribution in [2.24, 2.45) is 0 Å². The lowest BCUT2D eigenvalue weighted by Crippen LogP contribution is -2.33. The summed E-state index contributed by atoms with van der Waals surface area (Å²) >= 11 is 0. The van der Waals surface area contributed by atoms with Crippen LogP contribution in [-0.2, 0) is 4.84 Å². The second-order valence-electron chi connectivity index (χ2n) is 4.41. The molecule has 0 radical (unpaired) electrons. The molecule has 8 heteroatoms. The Morgan fingerprint density at radius 1 is 1.05 bits per heavy atom. The Labute approximate surface area is 117 Å². The van der Waals surface area contributed by atoms with E-state index in [9.17, 15) is 19.2 Å². The van der Waals surface area contributed by atoms with E-state index in [-0.39, 0.29) is 22.5 Å². The molecular weight excluding hydrogens is 278 g/mol. The summed E-state index contributed by atoms with van der Waals surface area (Å²) in [5.74, 6) is -2.45. The summed E-state index contributed by atoms with van der Waals surface area (Å²) in [6, 6.07) is 6.13. The third-order valence-electron chi connectivity index (χ3n) is 3.05. The average Bonchev–Trinajstić information content (AvgIpc) is 2.92. The Morgan fingerprint density at radius 3 is 2.10 bits per heavy atom. The van der Waals surface area contributed by atoms with Crippen molar-refractivity contribution in [3.05, 3.63) is 57.3 Å². The molecular formula is C13H9N3O5. The smallest absolute Gasteiger partial charge is 0.323 e. The summed E-state index contributed by atoms with van der Waals surface area (Å²) in [7, 11) is 0. The number of hydrogen-bond donors (Lipinski definition) is 2. The lowest BCUT2D eigenvalue weighted by Gasteiger charge is -2.11. The highest BCUT2D eigenvalue weighted by Gasteiger charge is 2.39. The molecule has 0 fully saturated rings. The number of fused-ring (bicyclic) bond motifs is 1. The number of imide groups is 1. The Hall–Kier alpha value is -3.16. The van der Waals surface area contributed by atoms with Gasteiger partial charge >= 0.3 is 11.7 Å². The highest BCUT2D eigenvalue weighted by atomic mass is 16.7. The van der Waals surface area contributed by atoms with Gasteiger partial charge in [-0.1, -0.05) is 17.2 Å². The molecule has 21 heavy (non-hydrogen) atoms. The molecule has 1 aliphatic heterocycles. The summed E-state index contributed by atoms with van der Waals surface area (Å²) in [5.41, 5.74) is -0.149. The van der Waals surface area contributed by atoms with E-state index in [0.717, 1.165) is 0 Å². The van der Waals surface area contributed by atoms with Crippen molar-refractivity contribution in [2.75, 3.05) is 0 Å². The van der Waals surface area contributed by atoms with Crippen molar-refractivity contribution < 1.29 is 19.2 Å². The molecule has 0 spiro atoms. The Kier molecular flexibility index (Phi) is 2.72. The standard InChI is InChI=1S/C13H9N3O5/c1-6-9(15-13(20)14-6)12(19)21-16-10(17)7-4-2-3-5-8(7)11(16)18/h2-5H,1H3,(H2,14,15,20). The zero-order chi connectivity index (χ0) is 15.1. The number of rotatable bonds is 2. The molecule has 2 N–H and O–H groups in total. The van der Waals surface area contributed by atoms with Crippen molar-refractivity contribution in [1.29, 1.82) is 0 Å². The first-order chi connectivity index (χ1) is 9.99. The van der Waals surface area contributed by atoms with E-state index < -0.39 is 23.5 Å². The minimum atomic E-state index is -1.000. The number of H-pyrrole nitrogens is 2. The number of imidazole rings is 1. The first-order valence-electron chi connectivity index (χ1n) is 5.98. The van der Waals surface area contributed by atoms with Crippen LogP contribution in [0, 0.1) is 6.92 Å². The molecule has 1 aromatic carbocycles. The van der Waals surface area contributed by atoms with Crippen molar-refractivity contribution in [2.45, 2.75) is 6.92 Å². The lowest BCUT2D eigenvalue weighted by molar-refractivity contribution is -0.0588. The monoisotopic (exact) mass is 287 g/mol. The first kappa shape index (κ1) is 12.9. The molecule has 1 aliphatic rings. The SMILES string of the molecule is Cc1[nH]c(=O)[nH]c1C(=O)ON1C(=O)c2ccccc2C1=O. The van der Waals surface area contributed by atoms with Gasteiger partial charge in [-0.3, -0.25) is 14.6 Å². The maximum Gasteiger partial charge on any atom is 0.381 e. The highest BCUT2D eigenvalue weighted by Crippen LogP contribution is 2.23. The van der Waals surface area contributed by atoms with Gasteiger partial charge in [-0.25, -0.2) is 9.59 Å². The normalized spacial score (nSPS) is 13.5. The molecule has 2 amide bonds. The minimum absolute atomic E-state index is 0.142. The van der Waals surface area contributed by atoms with E-state index in [0.29, 0.717) is 5.06 Å². The summed E-state index contributed by atoms with van der Waals surface area (Å²) in [6.07, 6.45) is 0. The number of nitrogens with one attached hydrogen (secondary N) is 2.